The van der Waals surface area contributed by atoms with E-state index < -0.39 is 60.4 Å². The van der Waals surface area contributed by atoms with E-state index in [4.69, 9.17) is 5.11 Å². The van der Waals surface area contributed by atoms with Crippen molar-refractivity contribution in [3.8, 4) is 0 Å². The molecule has 0 aromatic rings. The lowest BCUT2D eigenvalue weighted by molar-refractivity contribution is -0.141. The lowest BCUT2D eigenvalue weighted by Crippen LogP contribution is -2.51. The van der Waals surface area contributed by atoms with Crippen LogP contribution in [0, 0.1) is 11.8 Å². The average Bonchev–Trinajstić information content (AvgIpc) is 3.17. The van der Waals surface area contributed by atoms with Crippen LogP contribution in [0.25, 0.3) is 0 Å². The minimum absolute atomic E-state index is 0.00349. The molecule has 23 heteroatoms. The van der Waals surface area contributed by atoms with E-state index >= 15 is 0 Å². The summed E-state index contributed by atoms with van der Waals surface area (Å²) in [5, 5.41) is 65.6. The fourth-order valence-corrected chi connectivity index (χ4v) is 7.03. The Morgan fingerprint density at radius 1 is 0.517 bits per heavy atom. The van der Waals surface area contributed by atoms with E-state index in [1.54, 1.807) is 9.80 Å². The van der Waals surface area contributed by atoms with Crippen molar-refractivity contribution in [2.24, 2.45) is 11.8 Å². The number of nitrogens with one attached hydrogen (secondary N) is 4. The summed E-state index contributed by atoms with van der Waals surface area (Å²) in [5.74, 6) is -7.50. The molecular formula is C37H62N8O15. The monoisotopic (exact) mass is 858 g/mol. The van der Waals surface area contributed by atoms with Gasteiger partial charge < -0.3 is 56.8 Å². The molecule has 0 spiro atoms. The van der Waals surface area contributed by atoms with Crippen molar-refractivity contribution in [2.75, 3.05) is 91.6 Å². The summed E-state index contributed by atoms with van der Waals surface area (Å²) in [4.78, 5) is 113. The van der Waals surface area contributed by atoms with E-state index in [2.05, 4.69) is 21.3 Å². The second-order valence-corrected chi connectivity index (χ2v) is 15.2. The molecule has 2 rings (SSSR count). The van der Waals surface area contributed by atoms with E-state index in [-0.39, 0.29) is 75.6 Å². The lowest BCUT2D eigenvalue weighted by Gasteiger charge is -2.33. The van der Waals surface area contributed by atoms with E-state index in [0.717, 1.165) is 0 Å². The summed E-state index contributed by atoms with van der Waals surface area (Å²) >= 11 is 0. The van der Waals surface area contributed by atoms with Crippen LogP contribution in [0.2, 0.25) is 0 Å². The SMILES string of the molecule is O=C(O)CCC(NC(=O)NC(CCCCNC(=O)C1CCC(CNC(=O)CN2CCN(CCC(=O)O)CCN(CC(=O)O)CCN(CC(=O)O)CC2)CC1)C(=O)O)C(=O)O. The molecular weight excluding hydrogens is 796 g/mol. The Morgan fingerprint density at radius 2 is 0.983 bits per heavy atom. The molecule has 0 bridgehead atoms. The minimum Gasteiger partial charge on any atom is -0.481 e. The summed E-state index contributed by atoms with van der Waals surface area (Å²) in [6.07, 6.45) is 2.37. The maximum atomic E-state index is 13.1. The molecule has 2 unspecified atom stereocenters. The first-order valence-electron chi connectivity index (χ1n) is 20.2. The number of urea groups is 1. The van der Waals surface area contributed by atoms with Crippen LogP contribution in [0.15, 0.2) is 0 Å². The number of amides is 4. The highest BCUT2D eigenvalue weighted by Gasteiger charge is 2.28. The summed E-state index contributed by atoms with van der Waals surface area (Å²) in [6, 6.07) is -3.91. The topological polar surface area (TPSA) is 336 Å². The first-order chi connectivity index (χ1) is 28.4. The van der Waals surface area contributed by atoms with Crippen LogP contribution in [0.1, 0.15) is 64.2 Å². The zero-order valence-electron chi connectivity index (χ0n) is 33.9. The molecule has 1 heterocycles. The molecule has 4 amide bonds. The molecule has 0 aromatic carbocycles. The number of carbonyl (C=O) groups is 9. The van der Waals surface area contributed by atoms with Gasteiger partial charge in [0.05, 0.1) is 26.1 Å². The summed E-state index contributed by atoms with van der Waals surface area (Å²) in [7, 11) is 0. The maximum absolute atomic E-state index is 13.1. The van der Waals surface area contributed by atoms with Crippen molar-refractivity contribution in [2.45, 2.75) is 76.3 Å². The number of rotatable bonds is 24. The first kappa shape index (κ1) is 51.0. The van der Waals surface area contributed by atoms with Crippen LogP contribution >= 0.6 is 0 Å². The Bertz CT molecular complexity index is 1460. The van der Waals surface area contributed by atoms with Gasteiger partial charge in [0.1, 0.15) is 12.1 Å². The van der Waals surface area contributed by atoms with Crippen LogP contribution in [0.4, 0.5) is 4.79 Å². The smallest absolute Gasteiger partial charge is 0.326 e. The Kier molecular flexibility index (Phi) is 23.5. The summed E-state index contributed by atoms with van der Waals surface area (Å²) < 4.78 is 0. The van der Waals surface area contributed by atoms with Crippen LogP contribution in [0.3, 0.4) is 0 Å². The zero-order chi connectivity index (χ0) is 44.6. The van der Waals surface area contributed by atoms with Gasteiger partial charge in [0, 0.05) is 84.3 Å². The van der Waals surface area contributed by atoms with Gasteiger partial charge in [-0.25, -0.2) is 14.4 Å². The van der Waals surface area contributed by atoms with Crippen LogP contribution in [0.5, 0.6) is 0 Å². The number of carboxylic acid groups (broad SMARTS) is 6. The molecule has 340 valence electrons. The Balaban J connectivity index is 1.79. The fraction of sp³-hybridized carbons (Fsp3) is 0.757. The molecule has 2 atom stereocenters. The number of hydrogen-bond acceptors (Lipinski definition) is 13. The van der Waals surface area contributed by atoms with Crippen molar-refractivity contribution in [1.29, 1.82) is 0 Å². The maximum Gasteiger partial charge on any atom is 0.326 e. The van der Waals surface area contributed by atoms with Gasteiger partial charge in [-0.15, -0.1) is 0 Å². The number of nitrogens with zero attached hydrogens (tertiary/aromatic N) is 4. The predicted octanol–water partition coefficient (Wildman–Crippen LogP) is -1.87. The van der Waals surface area contributed by atoms with E-state index in [9.17, 15) is 68.7 Å². The highest BCUT2D eigenvalue weighted by molar-refractivity contribution is 5.86. The third-order valence-corrected chi connectivity index (χ3v) is 10.5. The van der Waals surface area contributed by atoms with Crippen molar-refractivity contribution in [3.05, 3.63) is 0 Å². The summed E-state index contributed by atoms with van der Waals surface area (Å²) in [5.41, 5.74) is 0. The van der Waals surface area contributed by atoms with E-state index in [1.807, 2.05) is 9.80 Å². The third-order valence-electron chi connectivity index (χ3n) is 10.5. The van der Waals surface area contributed by atoms with Gasteiger partial charge in [-0.3, -0.25) is 43.5 Å². The van der Waals surface area contributed by atoms with Crippen molar-refractivity contribution < 1.29 is 73.8 Å². The second kappa shape index (κ2) is 27.6. The van der Waals surface area contributed by atoms with Crippen molar-refractivity contribution in [1.82, 2.24) is 40.9 Å². The number of carboxylic acids is 6. The largest absolute Gasteiger partial charge is 0.481 e. The molecule has 60 heavy (non-hydrogen) atoms. The predicted molar refractivity (Wildman–Crippen MR) is 210 cm³/mol. The third kappa shape index (κ3) is 22.3. The van der Waals surface area contributed by atoms with E-state index in [1.165, 1.54) is 0 Å². The molecule has 2 fully saturated rings. The van der Waals surface area contributed by atoms with Gasteiger partial charge in [0.15, 0.2) is 0 Å². The normalized spacial score (nSPS) is 19.9. The standard InChI is InChI=1S/C37H62N8O15/c46-29(22-43-15-13-42(12-10-31(49)50)14-16-44(23-32(51)52)19-20-45(18-17-43)24-33(53)54)39-21-25-4-6-26(7-5-25)34(55)38-11-2-1-3-27(35(56)57)40-37(60)41-28(36(58)59)8-9-30(47)48/h25-28H,1-24H2,(H,38,55)(H,39,46)(H,47,48)(H,49,50)(H,51,52)(H,53,54)(H,56,57)(H,58,59)(H2,40,41,60). The quantitative estimate of drug-likeness (QED) is 0.0475. The van der Waals surface area contributed by atoms with Crippen molar-refractivity contribution >= 4 is 53.7 Å². The van der Waals surface area contributed by atoms with Gasteiger partial charge in [-0.2, -0.15) is 0 Å². The number of carbonyl (C=O) groups excluding carboxylic acids is 3. The van der Waals surface area contributed by atoms with Gasteiger partial charge in [0.2, 0.25) is 11.8 Å². The Labute approximate surface area is 347 Å². The Hall–Kier alpha value is -5.13. The van der Waals surface area contributed by atoms with Crippen LogP contribution in [-0.4, -0.2) is 208 Å². The molecule has 2 aliphatic rings. The molecule has 10 N–H and O–H groups in total. The number of unbranched alkanes of at least 4 members (excludes halogenated alkanes) is 1. The van der Waals surface area contributed by atoms with Gasteiger partial charge in [-0.05, 0) is 57.3 Å². The highest BCUT2D eigenvalue weighted by Crippen LogP contribution is 2.28. The molecule has 0 radical (unpaired) electrons. The highest BCUT2D eigenvalue weighted by atomic mass is 16.4. The molecule has 1 aliphatic carbocycles. The van der Waals surface area contributed by atoms with Gasteiger partial charge in [-0.1, -0.05) is 0 Å². The van der Waals surface area contributed by atoms with E-state index in [0.29, 0.717) is 97.4 Å². The Morgan fingerprint density at radius 3 is 1.45 bits per heavy atom. The summed E-state index contributed by atoms with van der Waals surface area (Å²) in [6.45, 7) is 3.29. The lowest BCUT2D eigenvalue weighted by atomic mass is 9.81. The molecule has 1 saturated heterocycles. The van der Waals surface area contributed by atoms with Crippen LogP contribution in [-0.2, 0) is 38.4 Å². The zero-order valence-corrected chi connectivity index (χ0v) is 33.9. The molecule has 0 aromatic heterocycles. The van der Waals surface area contributed by atoms with Crippen molar-refractivity contribution in [3.63, 3.8) is 0 Å². The van der Waals surface area contributed by atoms with Gasteiger partial charge in [0.25, 0.3) is 0 Å². The second-order valence-electron chi connectivity index (χ2n) is 15.2. The fourth-order valence-electron chi connectivity index (χ4n) is 7.03. The molecule has 1 aliphatic heterocycles. The molecule has 23 nitrogen and oxygen atoms in total. The first-order valence-corrected chi connectivity index (χ1v) is 20.2. The van der Waals surface area contributed by atoms with Crippen LogP contribution < -0.4 is 21.3 Å². The number of aliphatic carboxylic acids is 6. The average molecular weight is 859 g/mol. The van der Waals surface area contributed by atoms with Gasteiger partial charge >= 0.3 is 41.8 Å². The minimum atomic E-state index is -1.51. The molecule has 1 saturated carbocycles. The number of hydrogen-bond donors (Lipinski definition) is 10.